The molecule has 22 heavy (non-hydrogen) atoms. The van der Waals surface area contributed by atoms with Gasteiger partial charge in [-0.2, -0.15) is 0 Å². The van der Waals surface area contributed by atoms with Crippen LogP contribution in [0.4, 0.5) is 0 Å². The van der Waals surface area contributed by atoms with E-state index in [1.54, 1.807) is 0 Å². The fraction of sp³-hybridized carbons (Fsp3) is 0.500. The van der Waals surface area contributed by atoms with E-state index in [4.69, 9.17) is 22.1 Å². The van der Waals surface area contributed by atoms with E-state index >= 15 is 0 Å². The van der Waals surface area contributed by atoms with Gasteiger partial charge in [0.2, 0.25) is 11.8 Å². The lowest BCUT2D eigenvalue weighted by Gasteiger charge is -2.16. The summed E-state index contributed by atoms with van der Waals surface area (Å²) < 4.78 is 5.48. The Balaban J connectivity index is 1.78. The topological polar surface area (TPSA) is 81.4 Å². The molecule has 6 heteroatoms. The number of carbonyl (C=O) groups is 2. The quantitative estimate of drug-likeness (QED) is 0.835. The average Bonchev–Trinajstić information content (AvgIpc) is 2.96. The van der Waals surface area contributed by atoms with Crippen LogP contribution in [0.25, 0.3) is 0 Å². The zero-order valence-electron chi connectivity index (χ0n) is 12.5. The Morgan fingerprint density at radius 2 is 2.14 bits per heavy atom. The SMILES string of the molecule is C[C@H](Cc1ccccc1Cl)C(=O)NC[C@H]1CC[C@H](C(N)=O)O1. The largest absolute Gasteiger partial charge is 0.367 e. The third-order valence-corrected chi connectivity index (χ3v) is 4.23. The van der Waals surface area contributed by atoms with Gasteiger partial charge in [0.25, 0.3) is 0 Å². The van der Waals surface area contributed by atoms with Crippen molar-refractivity contribution in [3.63, 3.8) is 0 Å². The first-order valence-corrected chi connectivity index (χ1v) is 7.81. The molecule has 2 amide bonds. The van der Waals surface area contributed by atoms with Gasteiger partial charge in [-0.05, 0) is 30.9 Å². The van der Waals surface area contributed by atoms with Crippen molar-refractivity contribution in [2.45, 2.75) is 38.4 Å². The van der Waals surface area contributed by atoms with Gasteiger partial charge in [0.15, 0.2) is 0 Å². The average molecular weight is 325 g/mol. The summed E-state index contributed by atoms with van der Waals surface area (Å²) in [5.41, 5.74) is 6.16. The Labute approximate surface area is 135 Å². The standard InChI is InChI=1S/C16H21ClN2O3/c1-10(8-11-4-2-3-5-13(11)17)16(21)19-9-12-6-7-14(22-12)15(18)20/h2-5,10,12,14H,6-9H2,1H3,(H2,18,20)(H,19,21)/t10-,12-,14-/m1/s1. The van der Waals surface area contributed by atoms with Gasteiger partial charge in [0, 0.05) is 17.5 Å². The highest BCUT2D eigenvalue weighted by molar-refractivity contribution is 6.31. The van der Waals surface area contributed by atoms with Crippen molar-refractivity contribution in [1.82, 2.24) is 5.32 Å². The van der Waals surface area contributed by atoms with E-state index in [0.29, 0.717) is 24.4 Å². The van der Waals surface area contributed by atoms with Crippen molar-refractivity contribution in [2.24, 2.45) is 11.7 Å². The Bertz CT molecular complexity index is 550. The zero-order chi connectivity index (χ0) is 16.1. The van der Waals surface area contributed by atoms with E-state index in [9.17, 15) is 9.59 Å². The third-order valence-electron chi connectivity index (χ3n) is 3.86. The van der Waals surface area contributed by atoms with E-state index in [1.807, 2.05) is 31.2 Å². The predicted octanol–water partition coefficient (Wildman–Crippen LogP) is 1.67. The van der Waals surface area contributed by atoms with Crippen LogP contribution >= 0.6 is 11.6 Å². The summed E-state index contributed by atoms with van der Waals surface area (Å²) in [4.78, 5) is 23.2. The summed E-state index contributed by atoms with van der Waals surface area (Å²) >= 11 is 6.10. The number of benzene rings is 1. The summed E-state index contributed by atoms with van der Waals surface area (Å²) in [6.07, 6.45) is 1.26. The highest BCUT2D eigenvalue weighted by atomic mass is 35.5. The minimum Gasteiger partial charge on any atom is -0.367 e. The van der Waals surface area contributed by atoms with Gasteiger partial charge in [0.1, 0.15) is 6.10 Å². The molecule has 1 saturated heterocycles. The normalized spacial score (nSPS) is 22.3. The van der Waals surface area contributed by atoms with Gasteiger partial charge in [-0.25, -0.2) is 0 Å². The first-order chi connectivity index (χ1) is 10.5. The second kappa shape index (κ2) is 7.61. The predicted molar refractivity (Wildman–Crippen MR) is 84.4 cm³/mol. The fourth-order valence-corrected chi connectivity index (χ4v) is 2.75. The summed E-state index contributed by atoms with van der Waals surface area (Å²) in [5, 5.41) is 3.54. The summed E-state index contributed by atoms with van der Waals surface area (Å²) in [6.45, 7) is 2.26. The van der Waals surface area contributed by atoms with Crippen LogP contribution in [-0.4, -0.2) is 30.6 Å². The number of hydrogen-bond donors (Lipinski definition) is 2. The molecule has 0 aromatic heterocycles. The summed E-state index contributed by atoms with van der Waals surface area (Å²) in [6, 6.07) is 7.51. The molecule has 1 fully saturated rings. The van der Waals surface area contributed by atoms with E-state index in [0.717, 1.165) is 12.0 Å². The van der Waals surface area contributed by atoms with Crippen molar-refractivity contribution >= 4 is 23.4 Å². The third kappa shape index (κ3) is 4.45. The van der Waals surface area contributed by atoms with Crippen LogP contribution in [0.15, 0.2) is 24.3 Å². The molecule has 0 saturated carbocycles. The molecule has 1 heterocycles. The van der Waals surface area contributed by atoms with Crippen LogP contribution in [0, 0.1) is 5.92 Å². The molecular formula is C16H21ClN2O3. The monoisotopic (exact) mass is 324 g/mol. The minimum atomic E-state index is -0.526. The smallest absolute Gasteiger partial charge is 0.246 e. The van der Waals surface area contributed by atoms with Gasteiger partial charge < -0.3 is 15.8 Å². The molecule has 0 spiro atoms. The maximum Gasteiger partial charge on any atom is 0.246 e. The van der Waals surface area contributed by atoms with Crippen molar-refractivity contribution in [3.8, 4) is 0 Å². The van der Waals surface area contributed by atoms with Crippen LogP contribution in [0.3, 0.4) is 0 Å². The van der Waals surface area contributed by atoms with Gasteiger partial charge in [0.05, 0.1) is 6.10 Å². The number of primary amides is 1. The Hall–Kier alpha value is -1.59. The molecule has 3 atom stereocenters. The number of amides is 2. The molecule has 2 rings (SSSR count). The Morgan fingerprint density at radius 1 is 1.41 bits per heavy atom. The van der Waals surface area contributed by atoms with Crippen molar-refractivity contribution in [2.75, 3.05) is 6.54 Å². The van der Waals surface area contributed by atoms with Crippen molar-refractivity contribution in [1.29, 1.82) is 0 Å². The second-order valence-corrected chi connectivity index (χ2v) is 6.08. The molecule has 0 bridgehead atoms. The van der Waals surface area contributed by atoms with Crippen LogP contribution < -0.4 is 11.1 Å². The maximum atomic E-state index is 12.1. The van der Waals surface area contributed by atoms with Crippen LogP contribution in [-0.2, 0) is 20.7 Å². The molecule has 0 aliphatic carbocycles. The molecule has 1 aliphatic heterocycles. The number of nitrogens with two attached hydrogens (primary N) is 1. The van der Waals surface area contributed by atoms with Gasteiger partial charge in [-0.15, -0.1) is 0 Å². The molecule has 5 nitrogen and oxygen atoms in total. The maximum absolute atomic E-state index is 12.1. The molecule has 1 aromatic rings. The number of rotatable bonds is 6. The van der Waals surface area contributed by atoms with E-state index in [2.05, 4.69) is 5.32 Å². The summed E-state index contributed by atoms with van der Waals surface area (Å²) in [7, 11) is 0. The van der Waals surface area contributed by atoms with Crippen LogP contribution in [0.1, 0.15) is 25.3 Å². The fourth-order valence-electron chi connectivity index (χ4n) is 2.54. The second-order valence-electron chi connectivity index (χ2n) is 5.67. The van der Waals surface area contributed by atoms with Gasteiger partial charge in [-0.3, -0.25) is 9.59 Å². The first-order valence-electron chi connectivity index (χ1n) is 7.43. The molecule has 1 aliphatic rings. The number of carbonyl (C=O) groups excluding carboxylic acids is 2. The highest BCUT2D eigenvalue weighted by Gasteiger charge is 2.29. The van der Waals surface area contributed by atoms with E-state index in [-0.39, 0.29) is 17.9 Å². The van der Waals surface area contributed by atoms with Crippen molar-refractivity contribution in [3.05, 3.63) is 34.9 Å². The molecule has 0 unspecified atom stereocenters. The molecule has 120 valence electrons. The number of hydrogen-bond acceptors (Lipinski definition) is 3. The van der Waals surface area contributed by atoms with E-state index in [1.165, 1.54) is 0 Å². The Kier molecular flexibility index (Phi) is 5.80. The number of ether oxygens (including phenoxy) is 1. The molecule has 3 N–H and O–H groups in total. The van der Waals surface area contributed by atoms with Crippen LogP contribution in [0.2, 0.25) is 5.02 Å². The lowest BCUT2D eigenvalue weighted by atomic mass is 10.0. The highest BCUT2D eigenvalue weighted by Crippen LogP contribution is 2.20. The molecule has 1 aromatic carbocycles. The van der Waals surface area contributed by atoms with E-state index < -0.39 is 12.0 Å². The number of nitrogens with one attached hydrogen (secondary N) is 1. The van der Waals surface area contributed by atoms with Crippen LogP contribution in [0.5, 0.6) is 0 Å². The van der Waals surface area contributed by atoms with Crippen molar-refractivity contribution < 1.29 is 14.3 Å². The van der Waals surface area contributed by atoms with Gasteiger partial charge in [-0.1, -0.05) is 36.7 Å². The lowest BCUT2D eigenvalue weighted by Crippen LogP contribution is -2.37. The Morgan fingerprint density at radius 3 is 2.77 bits per heavy atom. The lowest BCUT2D eigenvalue weighted by molar-refractivity contribution is -0.129. The zero-order valence-corrected chi connectivity index (χ0v) is 13.3. The van der Waals surface area contributed by atoms with Gasteiger partial charge >= 0.3 is 0 Å². The molecule has 0 radical (unpaired) electrons. The minimum absolute atomic E-state index is 0.0500. The first kappa shape index (κ1) is 16.8. The summed E-state index contributed by atoms with van der Waals surface area (Å²) in [5.74, 6) is -0.680. The number of halogens is 1. The molecular weight excluding hydrogens is 304 g/mol.